The van der Waals surface area contributed by atoms with Crippen LogP contribution in [0.15, 0.2) is 24.3 Å². The fraction of sp³-hybridized carbons (Fsp3) is 0.333. The molecule has 4 nitrogen and oxygen atoms in total. The summed E-state index contributed by atoms with van der Waals surface area (Å²) >= 11 is 0. The highest BCUT2D eigenvalue weighted by molar-refractivity contribution is 7.54. The van der Waals surface area contributed by atoms with Crippen molar-refractivity contribution in [2.24, 2.45) is 5.73 Å². The summed E-state index contributed by atoms with van der Waals surface area (Å²) in [7, 11) is -2.97. The molecule has 0 aromatic heterocycles. The quantitative estimate of drug-likeness (QED) is 0.760. The molecule has 0 fully saturated rings. The molecule has 5 heteroatoms. The van der Waals surface area contributed by atoms with E-state index in [9.17, 15) is 4.57 Å². The molecular weight excluding hydrogens is 201 g/mol. The summed E-state index contributed by atoms with van der Waals surface area (Å²) in [6.07, 6.45) is 0.265. The van der Waals surface area contributed by atoms with Crippen LogP contribution in [0.25, 0.3) is 0 Å². The van der Waals surface area contributed by atoms with E-state index in [1.807, 2.05) is 18.2 Å². The van der Waals surface area contributed by atoms with Gasteiger partial charge in [-0.3, -0.25) is 4.52 Å². The van der Waals surface area contributed by atoms with E-state index in [4.69, 9.17) is 14.8 Å². The van der Waals surface area contributed by atoms with Gasteiger partial charge >= 0.3 is 7.60 Å². The molecule has 14 heavy (non-hydrogen) atoms. The second-order valence-electron chi connectivity index (χ2n) is 3.10. The van der Waals surface area contributed by atoms with Crippen LogP contribution >= 0.6 is 7.60 Å². The van der Waals surface area contributed by atoms with Crippen molar-refractivity contribution in [3.8, 4) is 5.75 Å². The maximum atomic E-state index is 11.9. The van der Waals surface area contributed by atoms with Crippen molar-refractivity contribution >= 4 is 7.60 Å². The molecule has 1 aromatic rings. The second kappa shape index (κ2) is 3.73. The van der Waals surface area contributed by atoms with Crippen LogP contribution in [-0.2, 0) is 15.7 Å². The molecule has 0 aliphatic carbocycles. The van der Waals surface area contributed by atoms with Crippen LogP contribution in [0.5, 0.6) is 5.75 Å². The topological polar surface area (TPSA) is 61.6 Å². The first-order valence-electron chi connectivity index (χ1n) is 4.45. The molecule has 0 saturated heterocycles. The van der Waals surface area contributed by atoms with Crippen molar-refractivity contribution in [3.63, 3.8) is 0 Å². The van der Waals surface area contributed by atoms with Crippen molar-refractivity contribution in [3.05, 3.63) is 29.8 Å². The summed E-state index contributed by atoms with van der Waals surface area (Å²) in [6, 6.07) is 7.42. The Balaban J connectivity index is 2.25. The highest BCUT2D eigenvalue weighted by Crippen LogP contribution is 2.52. The molecule has 2 rings (SSSR count). The molecule has 1 heterocycles. The van der Waals surface area contributed by atoms with Crippen LogP contribution in [0.3, 0.4) is 0 Å². The highest BCUT2D eigenvalue weighted by Gasteiger charge is 2.30. The first-order valence-corrected chi connectivity index (χ1v) is 6.17. The number of fused-ring (bicyclic) bond motifs is 1. The molecule has 1 aliphatic rings. The number of benzene rings is 1. The maximum Gasteiger partial charge on any atom is 0.380 e. The van der Waals surface area contributed by atoms with Gasteiger partial charge in [-0.1, -0.05) is 18.2 Å². The molecule has 1 aliphatic heterocycles. The molecular formula is C9H12NO3P. The minimum absolute atomic E-state index is 0.265. The van der Waals surface area contributed by atoms with E-state index in [-0.39, 0.29) is 6.16 Å². The maximum absolute atomic E-state index is 11.9. The Bertz CT molecular complexity index is 380. The van der Waals surface area contributed by atoms with Gasteiger partial charge in [-0.2, -0.15) is 0 Å². The standard InChI is InChI=1S/C9H12NO3P/c10-5-6-14(11)12-7-8-3-1-2-4-9(8)13-14/h1-4H,5-7,10H2. The van der Waals surface area contributed by atoms with Gasteiger partial charge in [-0.25, -0.2) is 4.57 Å². The normalized spacial score (nSPS) is 25.2. The van der Waals surface area contributed by atoms with E-state index < -0.39 is 7.60 Å². The lowest BCUT2D eigenvalue weighted by Gasteiger charge is -2.25. The van der Waals surface area contributed by atoms with E-state index >= 15 is 0 Å². The summed E-state index contributed by atoms with van der Waals surface area (Å²) in [5, 5.41) is 0. The van der Waals surface area contributed by atoms with Gasteiger partial charge in [0.1, 0.15) is 5.75 Å². The van der Waals surface area contributed by atoms with E-state index in [0.29, 0.717) is 18.9 Å². The lowest BCUT2D eigenvalue weighted by atomic mass is 10.2. The zero-order valence-corrected chi connectivity index (χ0v) is 8.57. The van der Waals surface area contributed by atoms with Gasteiger partial charge in [0.15, 0.2) is 0 Å². The third-order valence-electron chi connectivity index (χ3n) is 2.03. The highest BCUT2D eigenvalue weighted by atomic mass is 31.2. The van der Waals surface area contributed by atoms with Gasteiger partial charge in [-0.05, 0) is 6.07 Å². The predicted octanol–water partition coefficient (Wildman–Crippen LogP) is 1.75. The Labute approximate surface area is 82.6 Å². The largest absolute Gasteiger partial charge is 0.424 e. The number of para-hydroxylation sites is 1. The van der Waals surface area contributed by atoms with Gasteiger partial charge < -0.3 is 10.3 Å². The summed E-state index contributed by atoms with van der Waals surface area (Å²) in [5.41, 5.74) is 6.26. The van der Waals surface area contributed by atoms with Crippen molar-refractivity contribution in [1.29, 1.82) is 0 Å². The molecule has 1 atom stereocenters. The lowest BCUT2D eigenvalue weighted by molar-refractivity contribution is 0.232. The first-order chi connectivity index (χ1) is 6.73. The van der Waals surface area contributed by atoms with Crippen LogP contribution < -0.4 is 10.3 Å². The smallest absolute Gasteiger partial charge is 0.380 e. The van der Waals surface area contributed by atoms with E-state index in [1.165, 1.54) is 0 Å². The van der Waals surface area contributed by atoms with Crippen molar-refractivity contribution in [2.45, 2.75) is 6.61 Å². The van der Waals surface area contributed by atoms with Crippen LogP contribution in [0.4, 0.5) is 0 Å². The van der Waals surface area contributed by atoms with Gasteiger partial charge in [0.05, 0.1) is 12.8 Å². The molecule has 1 aromatic carbocycles. The Morgan fingerprint density at radius 1 is 1.43 bits per heavy atom. The zero-order chi connectivity index (χ0) is 10.0. The molecule has 0 radical (unpaired) electrons. The van der Waals surface area contributed by atoms with Crippen LogP contribution in [-0.4, -0.2) is 12.7 Å². The fourth-order valence-electron chi connectivity index (χ4n) is 1.32. The molecule has 0 amide bonds. The average Bonchev–Trinajstić information content (AvgIpc) is 2.17. The number of hydrogen-bond acceptors (Lipinski definition) is 4. The Morgan fingerprint density at radius 2 is 2.21 bits per heavy atom. The van der Waals surface area contributed by atoms with Crippen LogP contribution in [0.2, 0.25) is 0 Å². The predicted molar refractivity (Wildman–Crippen MR) is 53.4 cm³/mol. The molecule has 2 N–H and O–H groups in total. The summed E-state index contributed by atoms with van der Waals surface area (Å²) in [5.74, 6) is 0.649. The summed E-state index contributed by atoms with van der Waals surface area (Å²) in [6.45, 7) is 0.646. The minimum Gasteiger partial charge on any atom is -0.424 e. The Hall–Kier alpha value is -0.830. The van der Waals surface area contributed by atoms with Gasteiger partial charge in [0.2, 0.25) is 0 Å². The number of rotatable bonds is 2. The molecule has 0 spiro atoms. The number of hydrogen-bond donors (Lipinski definition) is 1. The summed E-state index contributed by atoms with van der Waals surface area (Å²) < 4.78 is 22.4. The SMILES string of the molecule is NCCP1(=O)OCc2ccccc2O1. The van der Waals surface area contributed by atoms with Gasteiger partial charge in [0.25, 0.3) is 0 Å². The first kappa shape index (κ1) is 9.71. The third-order valence-corrected chi connectivity index (χ3v) is 3.83. The molecule has 0 bridgehead atoms. The Morgan fingerprint density at radius 3 is 3.00 bits per heavy atom. The van der Waals surface area contributed by atoms with Gasteiger partial charge in [-0.15, -0.1) is 0 Å². The monoisotopic (exact) mass is 213 g/mol. The minimum atomic E-state index is -2.97. The summed E-state index contributed by atoms with van der Waals surface area (Å²) in [4.78, 5) is 0. The number of nitrogens with two attached hydrogens (primary N) is 1. The third kappa shape index (κ3) is 1.82. The molecule has 76 valence electrons. The zero-order valence-electron chi connectivity index (χ0n) is 7.68. The van der Waals surface area contributed by atoms with Crippen molar-refractivity contribution in [1.82, 2.24) is 0 Å². The van der Waals surface area contributed by atoms with E-state index in [1.54, 1.807) is 6.07 Å². The van der Waals surface area contributed by atoms with Crippen molar-refractivity contribution in [2.75, 3.05) is 12.7 Å². The van der Waals surface area contributed by atoms with Gasteiger partial charge in [0, 0.05) is 12.1 Å². The van der Waals surface area contributed by atoms with Crippen molar-refractivity contribution < 1.29 is 13.6 Å². The molecule has 1 unspecified atom stereocenters. The van der Waals surface area contributed by atoms with Crippen LogP contribution in [0, 0.1) is 0 Å². The Kier molecular flexibility index (Phi) is 2.59. The van der Waals surface area contributed by atoms with Crippen LogP contribution in [0.1, 0.15) is 5.56 Å². The lowest BCUT2D eigenvalue weighted by Crippen LogP contribution is -2.14. The fourth-order valence-corrected chi connectivity index (χ4v) is 2.73. The average molecular weight is 213 g/mol. The molecule has 0 saturated carbocycles. The second-order valence-corrected chi connectivity index (χ2v) is 5.21. The van der Waals surface area contributed by atoms with E-state index in [0.717, 1.165) is 5.56 Å². The van der Waals surface area contributed by atoms with E-state index in [2.05, 4.69) is 0 Å².